The molecule has 0 radical (unpaired) electrons. The minimum Gasteiger partial charge on any atom is -0.319 e. The molecule has 0 amide bonds. The molecule has 0 aromatic heterocycles. The molecule has 76 valence electrons. The summed E-state index contributed by atoms with van der Waals surface area (Å²) in [4.78, 5) is 0. The van der Waals surface area contributed by atoms with Crippen LogP contribution in [0.5, 0.6) is 0 Å². The number of hydrogen-bond donors (Lipinski definition) is 1. The average Bonchev–Trinajstić information content (AvgIpc) is 2.18. The third-order valence-electron chi connectivity index (χ3n) is 2.56. The van der Waals surface area contributed by atoms with Crippen LogP contribution in [0.25, 0.3) is 5.57 Å². The first-order valence-electron chi connectivity index (χ1n) is 4.97. The second kappa shape index (κ2) is 4.43. The van der Waals surface area contributed by atoms with E-state index in [1.165, 1.54) is 11.1 Å². The Kier molecular flexibility index (Phi) is 3.48. The molecular weight excluding hydrogens is 170 g/mol. The molecule has 0 unspecified atom stereocenters. The van der Waals surface area contributed by atoms with E-state index in [4.69, 9.17) is 0 Å². The lowest BCUT2D eigenvalue weighted by Gasteiger charge is -2.27. The number of rotatable bonds is 4. The molecule has 1 aromatic rings. The van der Waals surface area contributed by atoms with E-state index in [9.17, 15) is 0 Å². The molecule has 0 aliphatic rings. The summed E-state index contributed by atoms with van der Waals surface area (Å²) in [5, 5.41) is 3.20. The van der Waals surface area contributed by atoms with E-state index in [1.54, 1.807) is 0 Å². The first-order valence-corrected chi connectivity index (χ1v) is 4.97. The van der Waals surface area contributed by atoms with Crippen LogP contribution in [0.15, 0.2) is 36.9 Å². The maximum absolute atomic E-state index is 4.18. The summed E-state index contributed by atoms with van der Waals surface area (Å²) in [5.74, 6) is 0. The normalized spacial score (nSPS) is 11.4. The van der Waals surface area contributed by atoms with Crippen LogP contribution in [0.4, 0.5) is 0 Å². The van der Waals surface area contributed by atoms with Gasteiger partial charge in [0.05, 0.1) is 0 Å². The maximum Gasteiger partial charge on any atom is 0.00401 e. The predicted octanol–water partition coefficient (Wildman–Crippen LogP) is 2.95. The van der Waals surface area contributed by atoms with Crippen molar-refractivity contribution in [2.24, 2.45) is 5.41 Å². The van der Waals surface area contributed by atoms with Crippen LogP contribution < -0.4 is 5.32 Å². The Morgan fingerprint density at radius 2 is 1.86 bits per heavy atom. The van der Waals surface area contributed by atoms with Gasteiger partial charge < -0.3 is 5.32 Å². The maximum atomic E-state index is 4.18. The summed E-state index contributed by atoms with van der Waals surface area (Å²) in [6.45, 7) is 9.53. The van der Waals surface area contributed by atoms with Crippen molar-refractivity contribution in [2.45, 2.75) is 13.8 Å². The van der Waals surface area contributed by atoms with Crippen LogP contribution in [0.3, 0.4) is 0 Å². The molecule has 1 rings (SSSR count). The Balaban J connectivity index is 2.85. The zero-order valence-electron chi connectivity index (χ0n) is 9.30. The van der Waals surface area contributed by atoms with Crippen molar-refractivity contribution < 1.29 is 0 Å². The lowest BCUT2D eigenvalue weighted by molar-refractivity contribution is 0.473. The van der Waals surface area contributed by atoms with Gasteiger partial charge >= 0.3 is 0 Å². The number of nitrogens with one attached hydrogen (secondary N) is 1. The average molecular weight is 189 g/mol. The lowest BCUT2D eigenvalue weighted by Crippen LogP contribution is -2.27. The second-order valence-electron chi connectivity index (χ2n) is 4.26. The van der Waals surface area contributed by atoms with E-state index in [0.717, 1.165) is 6.54 Å². The predicted molar refractivity (Wildman–Crippen MR) is 63.2 cm³/mol. The zero-order chi connectivity index (χ0) is 10.6. The van der Waals surface area contributed by atoms with Crippen LogP contribution in [0, 0.1) is 5.41 Å². The van der Waals surface area contributed by atoms with E-state index in [-0.39, 0.29) is 5.41 Å². The highest BCUT2D eigenvalue weighted by molar-refractivity contribution is 5.67. The SMILES string of the molecule is C=C(c1ccccc1)C(C)(C)CNC. The first-order chi connectivity index (χ1) is 6.58. The Morgan fingerprint density at radius 3 is 2.36 bits per heavy atom. The van der Waals surface area contributed by atoms with Crippen molar-refractivity contribution in [3.05, 3.63) is 42.5 Å². The van der Waals surface area contributed by atoms with E-state index < -0.39 is 0 Å². The highest BCUT2D eigenvalue weighted by atomic mass is 14.8. The smallest absolute Gasteiger partial charge is 0.00401 e. The molecule has 0 atom stereocenters. The summed E-state index contributed by atoms with van der Waals surface area (Å²) in [5.41, 5.74) is 2.52. The van der Waals surface area contributed by atoms with Crippen LogP contribution in [0.1, 0.15) is 19.4 Å². The van der Waals surface area contributed by atoms with Crippen LogP contribution in [-0.4, -0.2) is 13.6 Å². The van der Waals surface area contributed by atoms with Gasteiger partial charge in [-0.2, -0.15) is 0 Å². The molecule has 1 nitrogen and oxygen atoms in total. The molecule has 0 spiro atoms. The fourth-order valence-corrected chi connectivity index (χ4v) is 1.58. The van der Waals surface area contributed by atoms with Gasteiger partial charge in [-0.25, -0.2) is 0 Å². The molecule has 0 saturated heterocycles. The van der Waals surface area contributed by atoms with Crippen molar-refractivity contribution >= 4 is 5.57 Å². The topological polar surface area (TPSA) is 12.0 Å². The fourth-order valence-electron chi connectivity index (χ4n) is 1.58. The molecule has 1 heteroatoms. The molecule has 14 heavy (non-hydrogen) atoms. The summed E-state index contributed by atoms with van der Waals surface area (Å²) in [6.07, 6.45) is 0. The van der Waals surface area contributed by atoms with Crippen LogP contribution in [-0.2, 0) is 0 Å². The van der Waals surface area contributed by atoms with Crippen LogP contribution >= 0.6 is 0 Å². The summed E-state index contributed by atoms with van der Waals surface area (Å²) in [7, 11) is 1.97. The Hall–Kier alpha value is -1.08. The third kappa shape index (κ3) is 2.46. The molecule has 1 aromatic carbocycles. The monoisotopic (exact) mass is 189 g/mol. The minimum absolute atomic E-state index is 0.107. The van der Waals surface area contributed by atoms with Gasteiger partial charge in [-0.3, -0.25) is 0 Å². The Labute approximate surface area is 86.8 Å². The van der Waals surface area contributed by atoms with E-state index in [1.807, 2.05) is 13.1 Å². The molecule has 0 bridgehead atoms. The zero-order valence-corrected chi connectivity index (χ0v) is 9.30. The lowest BCUT2D eigenvalue weighted by atomic mass is 9.81. The largest absolute Gasteiger partial charge is 0.319 e. The standard InChI is InChI=1S/C13H19N/c1-11(13(2,3)10-14-4)12-8-6-5-7-9-12/h5-9,14H,1,10H2,2-4H3. The summed E-state index contributed by atoms with van der Waals surface area (Å²) >= 11 is 0. The minimum atomic E-state index is 0.107. The van der Waals surface area contributed by atoms with Crippen molar-refractivity contribution in [3.63, 3.8) is 0 Å². The molecular formula is C13H19N. The van der Waals surface area contributed by atoms with Crippen molar-refractivity contribution in [3.8, 4) is 0 Å². The van der Waals surface area contributed by atoms with E-state index >= 15 is 0 Å². The van der Waals surface area contributed by atoms with Gasteiger partial charge in [0.1, 0.15) is 0 Å². The molecule has 0 fully saturated rings. The molecule has 0 saturated carbocycles. The first kappa shape index (κ1) is 11.0. The van der Waals surface area contributed by atoms with Crippen molar-refractivity contribution in [1.82, 2.24) is 5.32 Å². The second-order valence-corrected chi connectivity index (χ2v) is 4.26. The molecule has 0 aliphatic heterocycles. The summed E-state index contributed by atoms with van der Waals surface area (Å²) < 4.78 is 0. The van der Waals surface area contributed by atoms with Crippen LogP contribution in [0.2, 0.25) is 0 Å². The quantitative estimate of drug-likeness (QED) is 0.768. The fraction of sp³-hybridized carbons (Fsp3) is 0.385. The van der Waals surface area contributed by atoms with Gasteiger partial charge in [-0.15, -0.1) is 0 Å². The van der Waals surface area contributed by atoms with E-state index in [0.29, 0.717) is 0 Å². The summed E-state index contributed by atoms with van der Waals surface area (Å²) in [6, 6.07) is 10.4. The van der Waals surface area contributed by atoms with Gasteiger partial charge in [0.15, 0.2) is 0 Å². The molecule has 1 N–H and O–H groups in total. The Bertz CT molecular complexity index is 298. The number of hydrogen-bond acceptors (Lipinski definition) is 1. The molecule has 0 aliphatic carbocycles. The van der Waals surface area contributed by atoms with Gasteiger partial charge in [0.2, 0.25) is 0 Å². The van der Waals surface area contributed by atoms with Gasteiger partial charge in [-0.1, -0.05) is 50.8 Å². The van der Waals surface area contributed by atoms with Crippen molar-refractivity contribution in [1.29, 1.82) is 0 Å². The van der Waals surface area contributed by atoms with Crippen molar-refractivity contribution in [2.75, 3.05) is 13.6 Å². The van der Waals surface area contributed by atoms with Gasteiger partial charge in [-0.05, 0) is 18.2 Å². The van der Waals surface area contributed by atoms with E-state index in [2.05, 4.69) is 50.0 Å². The highest BCUT2D eigenvalue weighted by Crippen LogP contribution is 2.31. The molecule has 0 heterocycles. The van der Waals surface area contributed by atoms with Gasteiger partial charge in [0.25, 0.3) is 0 Å². The highest BCUT2D eigenvalue weighted by Gasteiger charge is 2.21. The third-order valence-corrected chi connectivity index (χ3v) is 2.56. The Morgan fingerprint density at radius 1 is 1.29 bits per heavy atom. The number of benzene rings is 1. The van der Waals surface area contributed by atoms with Gasteiger partial charge in [0, 0.05) is 12.0 Å².